The zero-order valence-electron chi connectivity index (χ0n) is 13.8. The van der Waals surface area contributed by atoms with Crippen LogP contribution in [0.5, 0.6) is 0 Å². The minimum Gasteiger partial charge on any atom is -0.326 e. The Bertz CT molecular complexity index is 479. The van der Waals surface area contributed by atoms with Crippen LogP contribution in [0.3, 0.4) is 0 Å². The number of carbonyl (C=O) groups is 1. The standard InChI is InChI=1S/C18H28N4O/c23-18(22-17-7-11-20-12-8-17)15-3-1-14(2-4-15)13-21-16-5-9-19-10-6-16/h7-8,11-12,14-16,19,21H,1-6,9-10,13H2,(H,20,22,23). The molecule has 0 bridgehead atoms. The molecule has 3 rings (SSSR count). The minimum absolute atomic E-state index is 0.165. The Balaban J connectivity index is 1.37. The molecular weight excluding hydrogens is 288 g/mol. The van der Waals surface area contributed by atoms with Gasteiger partial charge in [0, 0.05) is 30.0 Å². The number of rotatable bonds is 5. The number of pyridine rings is 1. The van der Waals surface area contributed by atoms with Crippen LogP contribution >= 0.6 is 0 Å². The molecule has 0 aromatic carbocycles. The van der Waals surface area contributed by atoms with Crippen LogP contribution in [0.1, 0.15) is 38.5 Å². The monoisotopic (exact) mass is 316 g/mol. The summed E-state index contributed by atoms with van der Waals surface area (Å²) in [5.41, 5.74) is 0.847. The number of anilines is 1. The molecule has 126 valence electrons. The van der Waals surface area contributed by atoms with Crippen LogP contribution in [0, 0.1) is 11.8 Å². The summed E-state index contributed by atoms with van der Waals surface area (Å²) in [4.78, 5) is 16.3. The van der Waals surface area contributed by atoms with Gasteiger partial charge in [0.15, 0.2) is 0 Å². The van der Waals surface area contributed by atoms with Gasteiger partial charge < -0.3 is 16.0 Å². The van der Waals surface area contributed by atoms with Crippen LogP contribution in [0.2, 0.25) is 0 Å². The molecule has 1 saturated carbocycles. The van der Waals surface area contributed by atoms with Gasteiger partial charge in [-0.05, 0) is 76.2 Å². The van der Waals surface area contributed by atoms with E-state index in [-0.39, 0.29) is 11.8 Å². The number of nitrogens with zero attached hydrogens (tertiary/aromatic N) is 1. The van der Waals surface area contributed by atoms with Crippen LogP contribution in [-0.4, -0.2) is 36.6 Å². The van der Waals surface area contributed by atoms with Crippen molar-refractivity contribution in [3.8, 4) is 0 Å². The molecule has 2 fully saturated rings. The zero-order chi connectivity index (χ0) is 15.9. The van der Waals surface area contributed by atoms with Crippen molar-refractivity contribution in [1.82, 2.24) is 15.6 Å². The first-order valence-corrected chi connectivity index (χ1v) is 8.96. The van der Waals surface area contributed by atoms with Crippen molar-refractivity contribution in [2.75, 3.05) is 25.0 Å². The molecule has 0 spiro atoms. The zero-order valence-corrected chi connectivity index (χ0v) is 13.8. The summed E-state index contributed by atoms with van der Waals surface area (Å²) < 4.78 is 0. The van der Waals surface area contributed by atoms with Crippen LogP contribution in [0.15, 0.2) is 24.5 Å². The Hall–Kier alpha value is -1.46. The first-order valence-electron chi connectivity index (χ1n) is 8.96. The highest BCUT2D eigenvalue weighted by atomic mass is 16.1. The van der Waals surface area contributed by atoms with E-state index in [0.717, 1.165) is 56.9 Å². The predicted molar refractivity (Wildman–Crippen MR) is 92.2 cm³/mol. The smallest absolute Gasteiger partial charge is 0.227 e. The molecule has 5 nitrogen and oxygen atoms in total. The molecule has 0 radical (unpaired) electrons. The highest BCUT2D eigenvalue weighted by Gasteiger charge is 2.26. The third kappa shape index (κ3) is 5.01. The molecule has 23 heavy (non-hydrogen) atoms. The maximum atomic E-state index is 12.3. The minimum atomic E-state index is 0.165. The van der Waals surface area contributed by atoms with Gasteiger partial charge in [-0.1, -0.05) is 0 Å². The van der Waals surface area contributed by atoms with Gasteiger partial charge in [0.1, 0.15) is 0 Å². The van der Waals surface area contributed by atoms with E-state index in [1.54, 1.807) is 12.4 Å². The number of nitrogens with one attached hydrogen (secondary N) is 3. The van der Waals surface area contributed by atoms with Gasteiger partial charge in [0.05, 0.1) is 0 Å². The number of hydrogen-bond donors (Lipinski definition) is 3. The van der Waals surface area contributed by atoms with E-state index in [4.69, 9.17) is 0 Å². The molecule has 0 atom stereocenters. The maximum absolute atomic E-state index is 12.3. The van der Waals surface area contributed by atoms with E-state index in [2.05, 4.69) is 20.9 Å². The topological polar surface area (TPSA) is 66.0 Å². The van der Waals surface area contributed by atoms with Crippen molar-refractivity contribution in [2.24, 2.45) is 11.8 Å². The molecule has 5 heteroatoms. The predicted octanol–water partition coefficient (Wildman–Crippen LogP) is 2.17. The average molecular weight is 316 g/mol. The molecule has 1 aliphatic heterocycles. The summed E-state index contributed by atoms with van der Waals surface area (Å²) in [6, 6.07) is 4.36. The Morgan fingerprint density at radius 2 is 1.78 bits per heavy atom. The van der Waals surface area contributed by atoms with Gasteiger partial charge in [0.25, 0.3) is 0 Å². The molecule has 0 unspecified atom stereocenters. The SMILES string of the molecule is O=C(Nc1ccncc1)C1CCC(CNC2CCNCC2)CC1. The lowest BCUT2D eigenvalue weighted by molar-refractivity contribution is -0.121. The fourth-order valence-corrected chi connectivity index (χ4v) is 3.67. The quantitative estimate of drug-likeness (QED) is 0.779. The molecular formula is C18H28N4O. The summed E-state index contributed by atoms with van der Waals surface area (Å²) in [5.74, 6) is 1.06. The van der Waals surface area contributed by atoms with E-state index < -0.39 is 0 Å². The molecule has 1 aromatic heterocycles. The number of aromatic nitrogens is 1. The fraction of sp³-hybridized carbons (Fsp3) is 0.667. The number of hydrogen-bond acceptors (Lipinski definition) is 4. The van der Waals surface area contributed by atoms with Gasteiger partial charge in [0.2, 0.25) is 5.91 Å². The van der Waals surface area contributed by atoms with Crippen molar-refractivity contribution in [3.05, 3.63) is 24.5 Å². The van der Waals surface area contributed by atoms with Gasteiger partial charge in [-0.15, -0.1) is 0 Å². The Kier molecular flexibility index (Phi) is 6.00. The highest BCUT2D eigenvalue weighted by Crippen LogP contribution is 2.29. The van der Waals surface area contributed by atoms with Crippen molar-refractivity contribution < 1.29 is 4.79 Å². The molecule has 1 saturated heterocycles. The highest BCUT2D eigenvalue weighted by molar-refractivity contribution is 5.92. The van der Waals surface area contributed by atoms with E-state index in [9.17, 15) is 4.79 Å². The lowest BCUT2D eigenvalue weighted by atomic mass is 9.81. The molecule has 1 aliphatic carbocycles. The van der Waals surface area contributed by atoms with Gasteiger partial charge >= 0.3 is 0 Å². The average Bonchev–Trinajstić information content (AvgIpc) is 2.62. The van der Waals surface area contributed by atoms with Crippen molar-refractivity contribution >= 4 is 11.6 Å². The summed E-state index contributed by atoms with van der Waals surface area (Å²) >= 11 is 0. The normalized spacial score (nSPS) is 25.9. The fourth-order valence-electron chi connectivity index (χ4n) is 3.67. The molecule has 2 heterocycles. The second-order valence-corrected chi connectivity index (χ2v) is 6.88. The third-order valence-electron chi connectivity index (χ3n) is 5.20. The van der Waals surface area contributed by atoms with Crippen LogP contribution in [0.4, 0.5) is 5.69 Å². The van der Waals surface area contributed by atoms with Crippen molar-refractivity contribution in [2.45, 2.75) is 44.6 Å². The van der Waals surface area contributed by atoms with E-state index in [0.29, 0.717) is 6.04 Å². The van der Waals surface area contributed by atoms with Crippen LogP contribution in [0.25, 0.3) is 0 Å². The maximum Gasteiger partial charge on any atom is 0.227 e. The molecule has 1 aromatic rings. The first-order chi connectivity index (χ1) is 11.3. The lowest BCUT2D eigenvalue weighted by Crippen LogP contribution is -2.42. The number of amides is 1. The third-order valence-corrected chi connectivity index (χ3v) is 5.20. The molecule has 1 amide bonds. The van der Waals surface area contributed by atoms with Crippen LogP contribution < -0.4 is 16.0 Å². The summed E-state index contributed by atoms with van der Waals surface area (Å²) in [7, 11) is 0. The van der Waals surface area contributed by atoms with E-state index >= 15 is 0 Å². The Morgan fingerprint density at radius 3 is 2.48 bits per heavy atom. The number of piperidine rings is 1. The Labute approximate surface area is 138 Å². The summed E-state index contributed by atoms with van der Waals surface area (Å²) in [6.45, 7) is 3.39. The first kappa shape index (κ1) is 16.4. The summed E-state index contributed by atoms with van der Waals surface area (Å²) in [6.07, 6.45) is 10.2. The second-order valence-electron chi connectivity index (χ2n) is 6.88. The van der Waals surface area contributed by atoms with Gasteiger partial charge in [-0.25, -0.2) is 0 Å². The van der Waals surface area contributed by atoms with E-state index in [1.165, 1.54) is 12.8 Å². The van der Waals surface area contributed by atoms with Crippen molar-refractivity contribution in [3.63, 3.8) is 0 Å². The summed E-state index contributed by atoms with van der Waals surface area (Å²) in [5, 5.41) is 10.1. The lowest BCUT2D eigenvalue weighted by Gasteiger charge is -2.30. The van der Waals surface area contributed by atoms with Gasteiger partial charge in [-0.3, -0.25) is 9.78 Å². The Morgan fingerprint density at radius 1 is 1.09 bits per heavy atom. The van der Waals surface area contributed by atoms with Crippen molar-refractivity contribution in [1.29, 1.82) is 0 Å². The molecule has 2 aliphatic rings. The van der Waals surface area contributed by atoms with Gasteiger partial charge in [-0.2, -0.15) is 0 Å². The molecule has 3 N–H and O–H groups in total. The number of carbonyl (C=O) groups excluding carboxylic acids is 1. The second kappa shape index (κ2) is 8.41. The van der Waals surface area contributed by atoms with Crippen LogP contribution in [-0.2, 0) is 4.79 Å². The van der Waals surface area contributed by atoms with E-state index in [1.807, 2.05) is 12.1 Å². The largest absolute Gasteiger partial charge is 0.326 e.